The van der Waals surface area contributed by atoms with E-state index in [1.54, 1.807) is 0 Å². The van der Waals surface area contributed by atoms with Crippen molar-refractivity contribution in [2.75, 3.05) is 19.8 Å². The molecule has 1 N–H and O–H groups in total. The Hall–Kier alpha value is -1.46. The molecule has 0 spiro atoms. The molecule has 90 valence electrons. The zero-order chi connectivity index (χ0) is 11.8. The molecule has 2 aromatic rings. The average Bonchev–Trinajstić information content (AvgIpc) is 2.67. The third-order valence-corrected chi connectivity index (χ3v) is 3.15. The molecule has 0 bridgehead atoms. The quantitative estimate of drug-likeness (QED) is 0.811. The second-order valence-electron chi connectivity index (χ2n) is 4.28. The molecule has 4 nitrogen and oxygen atoms in total. The van der Waals surface area contributed by atoms with Crippen LogP contribution < -0.4 is 5.32 Å². The molecular formula is C12H14FN3O. The number of pyridine rings is 1. The predicted octanol–water partition coefficient (Wildman–Crippen LogP) is 1.37. The van der Waals surface area contributed by atoms with Crippen LogP contribution in [0.15, 0.2) is 18.3 Å². The third-order valence-electron chi connectivity index (χ3n) is 3.15. The molecular weight excluding hydrogens is 221 g/mol. The van der Waals surface area contributed by atoms with E-state index in [0.717, 1.165) is 29.9 Å². The fourth-order valence-corrected chi connectivity index (χ4v) is 2.30. The smallest absolute Gasteiger partial charge is 0.142 e. The summed E-state index contributed by atoms with van der Waals surface area (Å²) in [6.45, 7) is 2.23. The van der Waals surface area contributed by atoms with Crippen molar-refractivity contribution in [2.24, 2.45) is 7.05 Å². The number of morpholine rings is 1. The lowest BCUT2D eigenvalue weighted by molar-refractivity contribution is 0.0748. The van der Waals surface area contributed by atoms with Crippen LogP contribution in [-0.4, -0.2) is 29.3 Å². The highest BCUT2D eigenvalue weighted by atomic mass is 19.1. The summed E-state index contributed by atoms with van der Waals surface area (Å²) in [6.07, 6.45) is 1.25. The lowest BCUT2D eigenvalue weighted by Gasteiger charge is -2.24. The fourth-order valence-electron chi connectivity index (χ4n) is 2.30. The number of fused-ring (bicyclic) bond motifs is 1. The van der Waals surface area contributed by atoms with Gasteiger partial charge in [-0.25, -0.2) is 9.37 Å². The highest BCUT2D eigenvalue weighted by Crippen LogP contribution is 2.23. The van der Waals surface area contributed by atoms with Crippen LogP contribution in [0.1, 0.15) is 11.7 Å². The summed E-state index contributed by atoms with van der Waals surface area (Å²) in [5, 5.41) is 4.21. The molecule has 1 unspecified atom stereocenters. The van der Waals surface area contributed by atoms with Gasteiger partial charge in [-0.1, -0.05) is 0 Å². The molecule has 1 atom stereocenters. The standard InChI is InChI=1S/C12H14FN3O/c1-16-11(10-7-17-3-2-14-10)5-8-4-9(13)6-15-12(8)16/h4-6,10,14H,2-3,7H2,1H3. The molecule has 0 aromatic carbocycles. The Morgan fingerprint density at radius 3 is 3.18 bits per heavy atom. The molecule has 0 aliphatic carbocycles. The Balaban J connectivity index is 2.07. The van der Waals surface area contributed by atoms with Crippen LogP contribution in [0.5, 0.6) is 0 Å². The molecule has 1 saturated heterocycles. The number of nitrogens with one attached hydrogen (secondary N) is 1. The minimum absolute atomic E-state index is 0.158. The van der Waals surface area contributed by atoms with Gasteiger partial charge < -0.3 is 14.6 Å². The van der Waals surface area contributed by atoms with Gasteiger partial charge in [0.15, 0.2) is 0 Å². The summed E-state index contributed by atoms with van der Waals surface area (Å²) in [5.74, 6) is -0.303. The first-order valence-electron chi connectivity index (χ1n) is 5.68. The number of hydrogen-bond acceptors (Lipinski definition) is 3. The topological polar surface area (TPSA) is 39.1 Å². The summed E-state index contributed by atoms with van der Waals surface area (Å²) in [5.41, 5.74) is 1.88. The first-order chi connectivity index (χ1) is 8.25. The Bertz CT molecular complexity index is 546. The Morgan fingerprint density at radius 2 is 2.41 bits per heavy atom. The van der Waals surface area contributed by atoms with Gasteiger partial charge in [-0.15, -0.1) is 0 Å². The van der Waals surface area contributed by atoms with Gasteiger partial charge in [0.2, 0.25) is 0 Å². The molecule has 1 aliphatic heterocycles. The van der Waals surface area contributed by atoms with Crippen LogP contribution in [0.3, 0.4) is 0 Å². The van der Waals surface area contributed by atoms with Crippen molar-refractivity contribution in [1.29, 1.82) is 0 Å². The van der Waals surface area contributed by atoms with Crippen molar-refractivity contribution in [3.63, 3.8) is 0 Å². The van der Waals surface area contributed by atoms with Crippen LogP contribution in [0, 0.1) is 5.82 Å². The molecule has 0 saturated carbocycles. The molecule has 0 amide bonds. The molecule has 0 radical (unpaired) electrons. The van der Waals surface area contributed by atoms with Crippen LogP contribution in [0.2, 0.25) is 0 Å². The second kappa shape index (κ2) is 4.09. The SMILES string of the molecule is Cn1c(C2COCCN2)cc2cc(F)cnc21. The minimum Gasteiger partial charge on any atom is -0.378 e. The average molecular weight is 235 g/mol. The first kappa shape index (κ1) is 10.7. The minimum atomic E-state index is -0.303. The predicted molar refractivity (Wildman–Crippen MR) is 62.2 cm³/mol. The molecule has 1 aliphatic rings. The highest BCUT2D eigenvalue weighted by molar-refractivity contribution is 5.77. The third kappa shape index (κ3) is 1.81. The van der Waals surface area contributed by atoms with Gasteiger partial charge in [-0.2, -0.15) is 0 Å². The normalized spacial score (nSPS) is 20.9. The number of aryl methyl sites for hydroxylation is 1. The van der Waals surface area contributed by atoms with Crippen molar-refractivity contribution >= 4 is 11.0 Å². The van der Waals surface area contributed by atoms with Gasteiger partial charge in [-0.05, 0) is 12.1 Å². The van der Waals surface area contributed by atoms with E-state index in [-0.39, 0.29) is 11.9 Å². The number of ether oxygens (including phenoxy) is 1. The van der Waals surface area contributed by atoms with Crippen molar-refractivity contribution < 1.29 is 9.13 Å². The van der Waals surface area contributed by atoms with Crippen molar-refractivity contribution in [2.45, 2.75) is 6.04 Å². The maximum atomic E-state index is 13.1. The molecule has 2 aromatic heterocycles. The molecule has 3 rings (SSSR count). The largest absolute Gasteiger partial charge is 0.378 e. The van der Waals surface area contributed by atoms with Gasteiger partial charge in [0.05, 0.1) is 25.5 Å². The molecule has 5 heteroatoms. The van der Waals surface area contributed by atoms with Gasteiger partial charge in [0.1, 0.15) is 11.5 Å². The van der Waals surface area contributed by atoms with E-state index in [2.05, 4.69) is 10.3 Å². The first-order valence-corrected chi connectivity index (χ1v) is 5.68. The van der Waals surface area contributed by atoms with E-state index in [9.17, 15) is 4.39 Å². The summed E-state index contributed by atoms with van der Waals surface area (Å²) < 4.78 is 20.5. The number of halogens is 1. The molecule has 17 heavy (non-hydrogen) atoms. The van der Waals surface area contributed by atoms with Crippen LogP contribution in [-0.2, 0) is 11.8 Å². The van der Waals surface area contributed by atoms with Gasteiger partial charge in [0, 0.05) is 24.7 Å². The van der Waals surface area contributed by atoms with E-state index >= 15 is 0 Å². The summed E-state index contributed by atoms with van der Waals surface area (Å²) in [7, 11) is 1.94. The summed E-state index contributed by atoms with van der Waals surface area (Å²) in [4.78, 5) is 4.12. The van der Waals surface area contributed by atoms with E-state index < -0.39 is 0 Å². The second-order valence-corrected chi connectivity index (χ2v) is 4.28. The van der Waals surface area contributed by atoms with Crippen LogP contribution in [0.4, 0.5) is 4.39 Å². The maximum Gasteiger partial charge on any atom is 0.142 e. The monoisotopic (exact) mass is 235 g/mol. The Morgan fingerprint density at radius 1 is 1.53 bits per heavy atom. The zero-order valence-corrected chi connectivity index (χ0v) is 9.61. The van der Waals surface area contributed by atoms with Crippen molar-refractivity contribution in [1.82, 2.24) is 14.9 Å². The van der Waals surface area contributed by atoms with Crippen LogP contribution in [0.25, 0.3) is 11.0 Å². The van der Waals surface area contributed by atoms with Crippen LogP contribution >= 0.6 is 0 Å². The van der Waals surface area contributed by atoms with E-state index in [1.807, 2.05) is 17.7 Å². The van der Waals surface area contributed by atoms with E-state index in [4.69, 9.17) is 4.74 Å². The fraction of sp³-hybridized carbons (Fsp3) is 0.417. The van der Waals surface area contributed by atoms with Gasteiger partial charge in [0.25, 0.3) is 0 Å². The molecule has 3 heterocycles. The highest BCUT2D eigenvalue weighted by Gasteiger charge is 2.19. The maximum absolute atomic E-state index is 13.1. The number of aromatic nitrogens is 2. The number of rotatable bonds is 1. The Kier molecular flexibility index (Phi) is 2.57. The van der Waals surface area contributed by atoms with Crippen molar-refractivity contribution in [3.05, 3.63) is 29.8 Å². The molecule has 1 fully saturated rings. The number of nitrogens with zero attached hydrogens (tertiary/aromatic N) is 2. The van der Waals surface area contributed by atoms with E-state index in [0.29, 0.717) is 6.61 Å². The lowest BCUT2D eigenvalue weighted by atomic mass is 10.2. The van der Waals surface area contributed by atoms with Gasteiger partial charge >= 0.3 is 0 Å². The number of hydrogen-bond donors (Lipinski definition) is 1. The zero-order valence-electron chi connectivity index (χ0n) is 9.61. The summed E-state index contributed by atoms with van der Waals surface area (Å²) >= 11 is 0. The Labute approximate surface area is 98.4 Å². The van der Waals surface area contributed by atoms with E-state index in [1.165, 1.54) is 12.3 Å². The van der Waals surface area contributed by atoms with Gasteiger partial charge in [-0.3, -0.25) is 0 Å². The lowest BCUT2D eigenvalue weighted by Crippen LogP contribution is -2.35. The van der Waals surface area contributed by atoms with Crippen molar-refractivity contribution in [3.8, 4) is 0 Å². The summed E-state index contributed by atoms with van der Waals surface area (Å²) in [6, 6.07) is 3.64.